The maximum Gasteiger partial charge on any atom is 0.117 e. The minimum atomic E-state index is -0.352. The van der Waals surface area contributed by atoms with Gasteiger partial charge in [0.25, 0.3) is 0 Å². The van der Waals surface area contributed by atoms with Gasteiger partial charge >= 0.3 is 0 Å². The Bertz CT molecular complexity index is 348. The Hall–Kier alpha value is -0.710. The summed E-state index contributed by atoms with van der Waals surface area (Å²) in [5, 5.41) is 0. The van der Waals surface area contributed by atoms with Crippen LogP contribution in [0.15, 0.2) is 24.3 Å². The summed E-state index contributed by atoms with van der Waals surface area (Å²) in [6.07, 6.45) is 6.67. The highest BCUT2D eigenvalue weighted by atomic mass is 32.1. The van der Waals surface area contributed by atoms with E-state index in [1.807, 2.05) is 6.07 Å². The minimum absolute atomic E-state index is 0.352. The molecule has 1 aliphatic carbocycles. The van der Waals surface area contributed by atoms with Crippen molar-refractivity contribution in [3.8, 4) is 0 Å². The van der Waals surface area contributed by atoms with Gasteiger partial charge in [-0.3, -0.25) is 0 Å². The van der Waals surface area contributed by atoms with Crippen molar-refractivity contribution in [3.05, 3.63) is 29.8 Å². The molecule has 0 radical (unpaired) electrons. The van der Waals surface area contributed by atoms with Crippen LogP contribution in [0.4, 0.5) is 5.69 Å². The van der Waals surface area contributed by atoms with E-state index >= 15 is 0 Å². The van der Waals surface area contributed by atoms with E-state index in [1.165, 1.54) is 37.7 Å². The zero-order valence-electron chi connectivity index (χ0n) is 10.0. The molecule has 94 valence electrons. The van der Waals surface area contributed by atoms with Gasteiger partial charge in [-0.05, 0) is 30.4 Å². The second kappa shape index (κ2) is 6.28. The molecule has 1 fully saturated rings. The lowest BCUT2D eigenvalue weighted by Gasteiger charge is -2.25. The molecule has 0 heterocycles. The molecule has 0 spiro atoms. The molecule has 17 heavy (non-hydrogen) atoms. The van der Waals surface area contributed by atoms with E-state index in [1.54, 1.807) is 0 Å². The summed E-state index contributed by atoms with van der Waals surface area (Å²) in [4.78, 5) is 0. The molecule has 1 aromatic rings. The molecule has 0 saturated heterocycles. The fourth-order valence-corrected chi connectivity index (χ4v) is 2.60. The Morgan fingerprint density at radius 2 is 1.88 bits per heavy atom. The SMILES string of the molecule is NC(S)NNc1ccccc1C1CCCCC1. The number of thiol groups is 1. The highest BCUT2D eigenvalue weighted by molar-refractivity contribution is 7.80. The number of anilines is 1. The molecule has 0 aliphatic heterocycles. The molecule has 0 amide bonds. The van der Waals surface area contributed by atoms with E-state index in [2.05, 4.69) is 41.7 Å². The van der Waals surface area contributed by atoms with Crippen LogP contribution in [0.25, 0.3) is 0 Å². The molecule has 0 aromatic heterocycles. The van der Waals surface area contributed by atoms with E-state index in [0.717, 1.165) is 5.69 Å². The highest BCUT2D eigenvalue weighted by Gasteiger charge is 2.17. The number of benzene rings is 1. The van der Waals surface area contributed by atoms with Gasteiger partial charge in [-0.2, -0.15) is 0 Å². The van der Waals surface area contributed by atoms with E-state index < -0.39 is 0 Å². The van der Waals surface area contributed by atoms with Gasteiger partial charge in [0.2, 0.25) is 0 Å². The highest BCUT2D eigenvalue weighted by Crippen LogP contribution is 2.35. The van der Waals surface area contributed by atoms with Gasteiger partial charge in [-0.15, -0.1) is 12.6 Å². The summed E-state index contributed by atoms with van der Waals surface area (Å²) >= 11 is 4.09. The number of rotatable bonds is 4. The largest absolute Gasteiger partial charge is 0.319 e. The molecule has 1 aliphatic rings. The first-order valence-corrected chi connectivity index (χ1v) is 6.83. The number of hydrogen-bond donors (Lipinski definition) is 4. The third-order valence-corrected chi connectivity index (χ3v) is 3.49. The molecule has 2 rings (SSSR count). The van der Waals surface area contributed by atoms with E-state index in [4.69, 9.17) is 5.73 Å². The van der Waals surface area contributed by atoms with Crippen LogP contribution in [0.1, 0.15) is 43.6 Å². The van der Waals surface area contributed by atoms with Crippen molar-refractivity contribution >= 4 is 18.3 Å². The number of para-hydroxylation sites is 1. The number of nitrogens with one attached hydrogen (secondary N) is 2. The Morgan fingerprint density at radius 3 is 2.59 bits per heavy atom. The summed E-state index contributed by atoms with van der Waals surface area (Å²) in [5.41, 5.74) is 13.8. The first-order valence-electron chi connectivity index (χ1n) is 6.31. The van der Waals surface area contributed by atoms with Gasteiger partial charge in [0, 0.05) is 0 Å². The number of hydrazine groups is 1. The molecule has 1 aromatic carbocycles. The van der Waals surface area contributed by atoms with E-state index in [0.29, 0.717) is 5.92 Å². The molecule has 3 nitrogen and oxygen atoms in total. The fraction of sp³-hybridized carbons (Fsp3) is 0.538. The molecule has 1 saturated carbocycles. The first-order chi connectivity index (χ1) is 8.27. The summed E-state index contributed by atoms with van der Waals surface area (Å²) in [6, 6.07) is 8.45. The lowest BCUT2D eigenvalue weighted by atomic mass is 9.83. The van der Waals surface area contributed by atoms with Gasteiger partial charge in [0.15, 0.2) is 0 Å². The van der Waals surface area contributed by atoms with Crippen molar-refractivity contribution in [3.63, 3.8) is 0 Å². The zero-order chi connectivity index (χ0) is 12.1. The number of nitrogens with two attached hydrogens (primary N) is 1. The van der Waals surface area contributed by atoms with Gasteiger partial charge in [-0.1, -0.05) is 37.5 Å². The van der Waals surface area contributed by atoms with Crippen molar-refractivity contribution in [2.45, 2.75) is 43.5 Å². The van der Waals surface area contributed by atoms with E-state index in [-0.39, 0.29) is 5.50 Å². The van der Waals surface area contributed by atoms with Gasteiger partial charge in [-0.25, -0.2) is 5.43 Å². The molecule has 0 bridgehead atoms. The molecular formula is C13H21N3S. The quantitative estimate of drug-likeness (QED) is 0.378. The van der Waals surface area contributed by atoms with Crippen LogP contribution in [0, 0.1) is 0 Å². The fourth-order valence-electron chi connectivity index (χ4n) is 2.53. The predicted octanol–water partition coefficient (Wildman–Crippen LogP) is 2.82. The summed E-state index contributed by atoms with van der Waals surface area (Å²) < 4.78 is 0. The molecule has 1 atom stereocenters. The van der Waals surface area contributed by atoms with Gasteiger partial charge in [0.1, 0.15) is 5.50 Å². The van der Waals surface area contributed by atoms with Crippen molar-refractivity contribution < 1.29 is 0 Å². The Morgan fingerprint density at radius 1 is 1.18 bits per heavy atom. The predicted molar refractivity (Wildman–Crippen MR) is 76.0 cm³/mol. The Balaban J connectivity index is 2.09. The van der Waals surface area contributed by atoms with Crippen LogP contribution >= 0.6 is 12.6 Å². The van der Waals surface area contributed by atoms with E-state index in [9.17, 15) is 0 Å². The Labute approximate surface area is 109 Å². The van der Waals surface area contributed by atoms with Crippen LogP contribution in [0.5, 0.6) is 0 Å². The smallest absolute Gasteiger partial charge is 0.117 e. The van der Waals surface area contributed by atoms with Gasteiger partial charge < -0.3 is 11.2 Å². The first kappa shape index (κ1) is 12.7. The minimum Gasteiger partial charge on any atom is -0.319 e. The molecule has 1 unspecified atom stereocenters. The third-order valence-electron chi connectivity index (χ3n) is 3.36. The van der Waals surface area contributed by atoms with Crippen molar-refractivity contribution in [2.75, 3.05) is 5.43 Å². The maximum atomic E-state index is 5.56. The molecule has 4 N–H and O–H groups in total. The van der Waals surface area contributed by atoms with Crippen molar-refractivity contribution in [2.24, 2.45) is 5.73 Å². The average Bonchev–Trinajstić information content (AvgIpc) is 2.38. The van der Waals surface area contributed by atoms with Crippen LogP contribution in [0.3, 0.4) is 0 Å². The van der Waals surface area contributed by atoms with Crippen LogP contribution in [-0.4, -0.2) is 5.50 Å². The monoisotopic (exact) mass is 251 g/mol. The van der Waals surface area contributed by atoms with Crippen molar-refractivity contribution in [1.29, 1.82) is 0 Å². The molecule has 4 heteroatoms. The third kappa shape index (κ3) is 3.63. The zero-order valence-corrected chi connectivity index (χ0v) is 10.9. The second-order valence-electron chi connectivity index (χ2n) is 4.64. The summed E-state index contributed by atoms with van der Waals surface area (Å²) in [5.74, 6) is 0.686. The van der Waals surface area contributed by atoms with Gasteiger partial charge in [0.05, 0.1) is 5.69 Å². The summed E-state index contributed by atoms with van der Waals surface area (Å²) in [7, 11) is 0. The standard InChI is InChI=1S/C13H21N3S/c14-13(17)16-15-12-9-5-4-8-11(12)10-6-2-1-3-7-10/h4-5,8-10,13,15-17H,1-3,6-7,14H2. The number of hydrogen-bond acceptors (Lipinski definition) is 4. The normalized spacial score (nSPS) is 18.9. The lowest BCUT2D eigenvalue weighted by Crippen LogP contribution is -2.36. The Kier molecular flexibility index (Phi) is 4.71. The van der Waals surface area contributed by atoms with Crippen LogP contribution < -0.4 is 16.6 Å². The van der Waals surface area contributed by atoms with Crippen LogP contribution in [0.2, 0.25) is 0 Å². The maximum absolute atomic E-state index is 5.56. The molecular weight excluding hydrogens is 230 g/mol. The average molecular weight is 251 g/mol. The summed E-state index contributed by atoms with van der Waals surface area (Å²) in [6.45, 7) is 0. The second-order valence-corrected chi connectivity index (χ2v) is 5.19. The topological polar surface area (TPSA) is 50.1 Å². The van der Waals surface area contributed by atoms with Crippen molar-refractivity contribution in [1.82, 2.24) is 5.43 Å². The lowest BCUT2D eigenvalue weighted by molar-refractivity contribution is 0.444. The van der Waals surface area contributed by atoms with Crippen LogP contribution in [-0.2, 0) is 0 Å².